The minimum absolute atomic E-state index is 0.322. The second-order valence-electron chi connectivity index (χ2n) is 6.43. The van der Waals surface area contributed by atoms with Crippen LogP contribution in [0.1, 0.15) is 31.9 Å². The maximum atomic E-state index is 4.50. The van der Waals surface area contributed by atoms with Gasteiger partial charge in [0.25, 0.3) is 0 Å². The summed E-state index contributed by atoms with van der Waals surface area (Å²) in [7, 11) is 2.20. The highest BCUT2D eigenvalue weighted by molar-refractivity contribution is 7.80. The van der Waals surface area contributed by atoms with Crippen LogP contribution in [0.25, 0.3) is 0 Å². The van der Waals surface area contributed by atoms with E-state index >= 15 is 0 Å². The largest absolute Gasteiger partial charge is 0.302 e. The normalized spacial score (nSPS) is 13.9. The highest BCUT2D eigenvalue weighted by Crippen LogP contribution is 2.27. The van der Waals surface area contributed by atoms with Crippen molar-refractivity contribution >= 4 is 12.6 Å². The third kappa shape index (κ3) is 5.03. The first-order chi connectivity index (χ1) is 8.32. The van der Waals surface area contributed by atoms with Crippen LogP contribution in [0.5, 0.6) is 0 Å². The Hall–Kier alpha value is -0.470. The van der Waals surface area contributed by atoms with Crippen LogP contribution in [-0.2, 0) is 6.54 Å². The van der Waals surface area contributed by atoms with Gasteiger partial charge in [0.1, 0.15) is 0 Å². The smallest absolute Gasteiger partial charge is 0.0230 e. The molecule has 0 aliphatic rings. The van der Waals surface area contributed by atoms with Crippen molar-refractivity contribution in [3.63, 3.8) is 0 Å². The van der Waals surface area contributed by atoms with E-state index in [-0.39, 0.29) is 0 Å². The maximum Gasteiger partial charge on any atom is 0.0230 e. The molecule has 2 heteroatoms. The van der Waals surface area contributed by atoms with E-state index in [2.05, 4.69) is 76.5 Å². The number of aryl methyl sites for hydroxylation is 1. The van der Waals surface area contributed by atoms with Crippen molar-refractivity contribution in [1.82, 2.24) is 4.90 Å². The van der Waals surface area contributed by atoms with Crippen molar-refractivity contribution in [2.45, 2.75) is 34.2 Å². The summed E-state index contributed by atoms with van der Waals surface area (Å²) >= 11 is 4.50. The SMILES string of the molecule is Cc1cccc(CN(C)CC(CS)C(C)(C)C)c1. The molecule has 0 bridgehead atoms. The van der Waals surface area contributed by atoms with E-state index in [1.807, 2.05) is 0 Å². The van der Waals surface area contributed by atoms with Gasteiger partial charge in [-0.2, -0.15) is 12.6 Å². The molecule has 1 unspecified atom stereocenters. The molecule has 0 aliphatic heterocycles. The summed E-state index contributed by atoms with van der Waals surface area (Å²) < 4.78 is 0. The van der Waals surface area contributed by atoms with Gasteiger partial charge in [-0.15, -0.1) is 0 Å². The molecule has 0 saturated heterocycles. The number of rotatable bonds is 5. The molecule has 1 nitrogen and oxygen atoms in total. The average Bonchev–Trinajstić information content (AvgIpc) is 2.24. The highest BCUT2D eigenvalue weighted by Gasteiger charge is 2.24. The number of nitrogens with zero attached hydrogens (tertiary/aromatic N) is 1. The van der Waals surface area contributed by atoms with Crippen molar-refractivity contribution in [3.8, 4) is 0 Å². The Labute approximate surface area is 118 Å². The summed E-state index contributed by atoms with van der Waals surface area (Å²) in [5.74, 6) is 1.57. The number of benzene rings is 1. The molecule has 102 valence electrons. The monoisotopic (exact) mass is 265 g/mol. The molecule has 1 rings (SSSR count). The van der Waals surface area contributed by atoms with E-state index in [4.69, 9.17) is 0 Å². The van der Waals surface area contributed by atoms with Gasteiger partial charge in [-0.05, 0) is 36.6 Å². The Balaban J connectivity index is 2.58. The summed E-state index contributed by atoms with van der Waals surface area (Å²) in [6.07, 6.45) is 0. The molecule has 0 aliphatic carbocycles. The molecule has 1 aromatic rings. The third-order valence-electron chi connectivity index (χ3n) is 3.51. The summed E-state index contributed by atoms with van der Waals surface area (Å²) in [6, 6.07) is 8.76. The van der Waals surface area contributed by atoms with Crippen LogP contribution < -0.4 is 0 Å². The van der Waals surface area contributed by atoms with Crippen LogP contribution in [0.3, 0.4) is 0 Å². The highest BCUT2D eigenvalue weighted by atomic mass is 32.1. The third-order valence-corrected chi connectivity index (χ3v) is 3.95. The first-order valence-corrected chi connectivity index (χ1v) is 7.31. The second kappa shape index (κ2) is 6.63. The Morgan fingerprint density at radius 3 is 2.44 bits per heavy atom. The molecule has 0 radical (unpaired) electrons. The summed E-state index contributed by atoms with van der Waals surface area (Å²) in [5.41, 5.74) is 3.05. The van der Waals surface area contributed by atoms with Gasteiger partial charge in [0.05, 0.1) is 0 Å². The van der Waals surface area contributed by atoms with Crippen molar-refractivity contribution in [2.75, 3.05) is 19.3 Å². The average molecular weight is 265 g/mol. The summed E-state index contributed by atoms with van der Waals surface area (Å²) in [6.45, 7) is 11.2. The molecule has 0 saturated carbocycles. The van der Waals surface area contributed by atoms with Gasteiger partial charge in [-0.25, -0.2) is 0 Å². The van der Waals surface area contributed by atoms with E-state index in [0.29, 0.717) is 11.3 Å². The fourth-order valence-corrected chi connectivity index (χ4v) is 2.83. The number of thiol groups is 1. The number of hydrogen-bond donors (Lipinski definition) is 1. The lowest BCUT2D eigenvalue weighted by Gasteiger charge is -2.33. The molecule has 18 heavy (non-hydrogen) atoms. The Bertz CT molecular complexity index is 368. The van der Waals surface area contributed by atoms with E-state index in [1.165, 1.54) is 11.1 Å². The molecule has 0 spiro atoms. The van der Waals surface area contributed by atoms with Crippen LogP contribution in [0.15, 0.2) is 24.3 Å². The lowest BCUT2D eigenvalue weighted by atomic mass is 9.81. The maximum absolute atomic E-state index is 4.50. The van der Waals surface area contributed by atoms with Crippen molar-refractivity contribution < 1.29 is 0 Å². The van der Waals surface area contributed by atoms with Crippen molar-refractivity contribution in [2.24, 2.45) is 11.3 Å². The molecule has 0 amide bonds. The molecule has 1 aromatic carbocycles. The Kier molecular flexibility index (Phi) is 5.74. The van der Waals surface area contributed by atoms with E-state index in [9.17, 15) is 0 Å². The van der Waals surface area contributed by atoms with Crippen LogP contribution in [0.2, 0.25) is 0 Å². The van der Waals surface area contributed by atoms with Gasteiger partial charge in [0.15, 0.2) is 0 Å². The van der Waals surface area contributed by atoms with Crippen LogP contribution >= 0.6 is 12.6 Å². The zero-order valence-corrected chi connectivity index (χ0v) is 13.3. The predicted octanol–water partition coefficient (Wildman–Crippen LogP) is 4.02. The molecule has 0 aromatic heterocycles. The van der Waals surface area contributed by atoms with E-state index in [0.717, 1.165) is 18.8 Å². The van der Waals surface area contributed by atoms with Gasteiger partial charge in [0.2, 0.25) is 0 Å². The Morgan fingerprint density at radius 1 is 1.28 bits per heavy atom. The molecular weight excluding hydrogens is 238 g/mol. The molecule has 0 fully saturated rings. The van der Waals surface area contributed by atoms with E-state index in [1.54, 1.807) is 0 Å². The molecule has 1 atom stereocenters. The summed E-state index contributed by atoms with van der Waals surface area (Å²) in [5, 5.41) is 0. The molecule has 0 N–H and O–H groups in total. The van der Waals surface area contributed by atoms with Crippen molar-refractivity contribution in [1.29, 1.82) is 0 Å². The standard InChI is InChI=1S/C16H27NS/c1-13-7-6-8-14(9-13)10-17(5)11-15(12-18)16(2,3)4/h6-9,15,18H,10-12H2,1-5H3. The van der Waals surface area contributed by atoms with Gasteiger partial charge >= 0.3 is 0 Å². The molecule has 0 heterocycles. The van der Waals surface area contributed by atoms with E-state index < -0.39 is 0 Å². The quantitative estimate of drug-likeness (QED) is 0.787. The van der Waals surface area contributed by atoms with Crippen LogP contribution in [-0.4, -0.2) is 24.2 Å². The first-order valence-electron chi connectivity index (χ1n) is 6.68. The zero-order valence-electron chi connectivity index (χ0n) is 12.4. The lowest BCUT2D eigenvalue weighted by Crippen LogP contribution is -2.34. The van der Waals surface area contributed by atoms with Gasteiger partial charge < -0.3 is 4.90 Å². The van der Waals surface area contributed by atoms with Crippen LogP contribution in [0.4, 0.5) is 0 Å². The fourth-order valence-electron chi connectivity index (χ4n) is 2.17. The van der Waals surface area contributed by atoms with Gasteiger partial charge in [-0.3, -0.25) is 0 Å². The van der Waals surface area contributed by atoms with Gasteiger partial charge in [-0.1, -0.05) is 50.6 Å². The minimum Gasteiger partial charge on any atom is -0.302 e. The number of hydrogen-bond acceptors (Lipinski definition) is 2. The second-order valence-corrected chi connectivity index (χ2v) is 6.80. The first kappa shape index (κ1) is 15.6. The zero-order chi connectivity index (χ0) is 13.8. The van der Waals surface area contributed by atoms with Crippen molar-refractivity contribution in [3.05, 3.63) is 35.4 Å². The van der Waals surface area contributed by atoms with Crippen LogP contribution in [0, 0.1) is 18.3 Å². The fraction of sp³-hybridized carbons (Fsp3) is 0.625. The van der Waals surface area contributed by atoms with Gasteiger partial charge in [0, 0.05) is 13.1 Å². The lowest BCUT2D eigenvalue weighted by molar-refractivity contribution is 0.183. The topological polar surface area (TPSA) is 3.24 Å². The predicted molar refractivity (Wildman–Crippen MR) is 84.3 cm³/mol. The Morgan fingerprint density at radius 2 is 1.94 bits per heavy atom. The summed E-state index contributed by atoms with van der Waals surface area (Å²) in [4.78, 5) is 2.40. The minimum atomic E-state index is 0.322. The molecular formula is C16H27NS.